The Balaban J connectivity index is 2.11. The number of fused-ring (bicyclic) bond motifs is 3. The quantitative estimate of drug-likeness (QED) is 0.710. The molecule has 1 unspecified atom stereocenters. The second-order valence-electron chi connectivity index (χ2n) is 5.10. The monoisotopic (exact) mass is 218 g/mol. The zero-order valence-electron chi connectivity index (χ0n) is 9.66. The highest BCUT2D eigenvalue weighted by Gasteiger charge is 2.41. The molecular formula is C13H18N2O. The minimum atomic E-state index is 0.195. The number of benzene rings is 1. The molecule has 3 heteroatoms. The molecule has 0 radical (unpaired) electrons. The van der Waals surface area contributed by atoms with Gasteiger partial charge in [0.15, 0.2) is 0 Å². The predicted octanol–water partition coefficient (Wildman–Crippen LogP) is 2.35. The van der Waals surface area contributed by atoms with Gasteiger partial charge in [0.05, 0.1) is 5.69 Å². The Labute approximate surface area is 96.0 Å². The molecule has 0 saturated carbocycles. The minimum absolute atomic E-state index is 0.195. The molecule has 0 spiro atoms. The zero-order chi connectivity index (χ0) is 11.2. The fraction of sp³-hybridized carbons (Fsp3) is 0.538. The molecule has 16 heavy (non-hydrogen) atoms. The number of rotatable bonds is 1. The smallest absolute Gasteiger partial charge is 0.0605 e. The second-order valence-corrected chi connectivity index (χ2v) is 5.10. The molecule has 1 aromatic rings. The van der Waals surface area contributed by atoms with Crippen molar-refractivity contribution in [3.8, 4) is 0 Å². The SMILES string of the molecule is CC12CCCN1CCc1ccc(NO)cc12. The Kier molecular flexibility index (Phi) is 2.19. The van der Waals surface area contributed by atoms with Crippen LogP contribution in [0.4, 0.5) is 5.69 Å². The maximum atomic E-state index is 9.00. The van der Waals surface area contributed by atoms with Crippen LogP contribution in [0.2, 0.25) is 0 Å². The van der Waals surface area contributed by atoms with Crippen molar-refractivity contribution in [1.29, 1.82) is 0 Å². The summed E-state index contributed by atoms with van der Waals surface area (Å²) in [7, 11) is 0. The molecule has 0 amide bonds. The summed E-state index contributed by atoms with van der Waals surface area (Å²) in [4.78, 5) is 2.58. The van der Waals surface area contributed by atoms with Crippen LogP contribution in [0.1, 0.15) is 30.9 Å². The lowest BCUT2D eigenvalue weighted by atomic mass is 9.81. The van der Waals surface area contributed by atoms with Crippen molar-refractivity contribution < 1.29 is 5.21 Å². The predicted molar refractivity (Wildman–Crippen MR) is 63.7 cm³/mol. The molecule has 1 aromatic carbocycles. The van der Waals surface area contributed by atoms with Crippen LogP contribution in [0.15, 0.2) is 18.2 Å². The average molecular weight is 218 g/mol. The van der Waals surface area contributed by atoms with Gasteiger partial charge < -0.3 is 0 Å². The summed E-state index contributed by atoms with van der Waals surface area (Å²) in [6.07, 6.45) is 3.65. The van der Waals surface area contributed by atoms with E-state index in [1.165, 1.54) is 37.1 Å². The molecule has 2 N–H and O–H groups in total. The van der Waals surface area contributed by atoms with E-state index in [2.05, 4.69) is 29.4 Å². The summed E-state index contributed by atoms with van der Waals surface area (Å²) in [6.45, 7) is 4.72. The van der Waals surface area contributed by atoms with Crippen LogP contribution in [0.5, 0.6) is 0 Å². The lowest BCUT2D eigenvalue weighted by Crippen LogP contribution is -2.44. The molecule has 2 heterocycles. The lowest BCUT2D eigenvalue weighted by molar-refractivity contribution is 0.143. The molecule has 86 valence electrons. The van der Waals surface area contributed by atoms with Crippen LogP contribution in [-0.2, 0) is 12.0 Å². The summed E-state index contributed by atoms with van der Waals surface area (Å²) >= 11 is 0. The molecule has 0 bridgehead atoms. The fourth-order valence-corrected chi connectivity index (χ4v) is 3.30. The van der Waals surface area contributed by atoms with Crippen molar-refractivity contribution in [3.63, 3.8) is 0 Å². The van der Waals surface area contributed by atoms with Gasteiger partial charge in [-0.3, -0.25) is 15.6 Å². The van der Waals surface area contributed by atoms with E-state index in [0.717, 1.165) is 12.1 Å². The Morgan fingerprint density at radius 1 is 1.38 bits per heavy atom. The van der Waals surface area contributed by atoms with Crippen LogP contribution in [-0.4, -0.2) is 23.2 Å². The van der Waals surface area contributed by atoms with E-state index < -0.39 is 0 Å². The Bertz CT molecular complexity index is 418. The first-order valence-corrected chi connectivity index (χ1v) is 6.02. The van der Waals surface area contributed by atoms with E-state index in [0.29, 0.717) is 0 Å². The topological polar surface area (TPSA) is 35.5 Å². The second kappa shape index (κ2) is 3.47. The van der Waals surface area contributed by atoms with E-state index in [1.807, 2.05) is 6.07 Å². The van der Waals surface area contributed by atoms with E-state index in [4.69, 9.17) is 5.21 Å². The first kappa shape index (κ1) is 10.1. The molecule has 1 saturated heterocycles. The Morgan fingerprint density at radius 2 is 2.25 bits per heavy atom. The molecular weight excluding hydrogens is 200 g/mol. The summed E-state index contributed by atoms with van der Waals surface area (Å²) in [6, 6.07) is 6.20. The summed E-state index contributed by atoms with van der Waals surface area (Å²) in [5, 5.41) is 9.00. The van der Waals surface area contributed by atoms with Gasteiger partial charge in [0.1, 0.15) is 0 Å². The van der Waals surface area contributed by atoms with Crippen molar-refractivity contribution in [3.05, 3.63) is 29.3 Å². The van der Waals surface area contributed by atoms with Gasteiger partial charge in [-0.05, 0) is 56.0 Å². The van der Waals surface area contributed by atoms with Gasteiger partial charge >= 0.3 is 0 Å². The molecule has 3 nitrogen and oxygen atoms in total. The maximum absolute atomic E-state index is 9.00. The average Bonchev–Trinajstić information content (AvgIpc) is 2.70. The highest BCUT2D eigenvalue weighted by Crippen LogP contribution is 2.43. The molecule has 0 aromatic heterocycles. The van der Waals surface area contributed by atoms with Crippen LogP contribution in [0, 0.1) is 0 Å². The Hall–Kier alpha value is -1.06. The van der Waals surface area contributed by atoms with E-state index in [1.54, 1.807) is 0 Å². The van der Waals surface area contributed by atoms with Crippen molar-refractivity contribution in [2.45, 2.75) is 31.7 Å². The summed E-state index contributed by atoms with van der Waals surface area (Å²) < 4.78 is 0. The third-order valence-corrected chi connectivity index (χ3v) is 4.26. The van der Waals surface area contributed by atoms with Gasteiger partial charge in [-0.25, -0.2) is 0 Å². The highest BCUT2D eigenvalue weighted by atomic mass is 16.5. The third-order valence-electron chi connectivity index (χ3n) is 4.26. The van der Waals surface area contributed by atoms with Gasteiger partial charge in [-0.15, -0.1) is 0 Å². The Morgan fingerprint density at radius 3 is 3.06 bits per heavy atom. The van der Waals surface area contributed by atoms with Crippen LogP contribution in [0.25, 0.3) is 0 Å². The highest BCUT2D eigenvalue weighted by molar-refractivity contribution is 5.50. The first-order chi connectivity index (χ1) is 7.74. The standard InChI is InChI=1S/C13H18N2O/c1-13-6-2-7-15(13)8-5-10-3-4-11(14-16)9-12(10)13/h3-4,9,14,16H,2,5-8H2,1H3. The van der Waals surface area contributed by atoms with Crippen molar-refractivity contribution in [2.75, 3.05) is 18.6 Å². The van der Waals surface area contributed by atoms with Gasteiger partial charge in [0.25, 0.3) is 0 Å². The van der Waals surface area contributed by atoms with E-state index in [9.17, 15) is 0 Å². The number of hydrogen-bond acceptors (Lipinski definition) is 3. The molecule has 0 aliphatic carbocycles. The molecule has 1 fully saturated rings. The van der Waals surface area contributed by atoms with Gasteiger partial charge in [0, 0.05) is 12.1 Å². The molecule has 2 aliphatic heterocycles. The normalized spacial score (nSPS) is 28.6. The fourth-order valence-electron chi connectivity index (χ4n) is 3.30. The zero-order valence-corrected chi connectivity index (χ0v) is 9.66. The van der Waals surface area contributed by atoms with Crippen LogP contribution >= 0.6 is 0 Å². The van der Waals surface area contributed by atoms with E-state index in [-0.39, 0.29) is 5.54 Å². The van der Waals surface area contributed by atoms with Gasteiger partial charge in [0.2, 0.25) is 0 Å². The summed E-state index contributed by atoms with van der Waals surface area (Å²) in [5.41, 5.74) is 6.09. The van der Waals surface area contributed by atoms with Gasteiger partial charge in [-0.2, -0.15) is 0 Å². The third kappa shape index (κ3) is 1.28. The number of nitrogens with one attached hydrogen (secondary N) is 1. The van der Waals surface area contributed by atoms with Crippen molar-refractivity contribution in [1.82, 2.24) is 4.90 Å². The van der Waals surface area contributed by atoms with Gasteiger partial charge in [-0.1, -0.05) is 6.07 Å². The maximum Gasteiger partial charge on any atom is 0.0605 e. The minimum Gasteiger partial charge on any atom is -0.294 e. The largest absolute Gasteiger partial charge is 0.294 e. The molecule has 2 aliphatic rings. The van der Waals surface area contributed by atoms with E-state index >= 15 is 0 Å². The van der Waals surface area contributed by atoms with Crippen molar-refractivity contribution in [2.24, 2.45) is 0 Å². The molecule has 1 atom stereocenters. The number of hydrogen-bond donors (Lipinski definition) is 2. The molecule has 3 rings (SSSR count). The van der Waals surface area contributed by atoms with Crippen molar-refractivity contribution >= 4 is 5.69 Å². The summed E-state index contributed by atoms with van der Waals surface area (Å²) in [5.74, 6) is 0. The number of nitrogens with zero attached hydrogens (tertiary/aromatic N) is 1. The number of anilines is 1. The lowest BCUT2D eigenvalue weighted by Gasteiger charge is -2.41. The first-order valence-electron chi connectivity index (χ1n) is 6.02. The van der Waals surface area contributed by atoms with Crippen LogP contribution < -0.4 is 5.48 Å². The van der Waals surface area contributed by atoms with Crippen LogP contribution in [0.3, 0.4) is 0 Å².